The first-order valence-corrected chi connectivity index (χ1v) is 11.5. The lowest BCUT2D eigenvalue weighted by molar-refractivity contribution is -0.140. The zero-order chi connectivity index (χ0) is 26.7. The summed E-state index contributed by atoms with van der Waals surface area (Å²) in [6.45, 7) is 1.88. The summed E-state index contributed by atoms with van der Waals surface area (Å²) >= 11 is 0. The smallest absolute Gasteiger partial charge is 0.295 e. The average Bonchev–Trinajstić information content (AvgIpc) is 3.17. The summed E-state index contributed by atoms with van der Waals surface area (Å²) in [5.41, 5.74) is 2.28. The van der Waals surface area contributed by atoms with Crippen molar-refractivity contribution in [1.29, 1.82) is 0 Å². The molecule has 1 atom stereocenters. The van der Waals surface area contributed by atoms with Crippen LogP contribution in [0.15, 0.2) is 60.4 Å². The lowest BCUT2D eigenvalue weighted by Gasteiger charge is -2.26. The Balaban J connectivity index is 1.96. The van der Waals surface area contributed by atoms with Crippen LogP contribution in [0.4, 0.5) is 0 Å². The number of carbonyl (C=O) groups excluding carboxylic acids is 2. The fourth-order valence-corrected chi connectivity index (χ4v) is 4.51. The van der Waals surface area contributed by atoms with E-state index in [0.717, 1.165) is 5.56 Å². The highest BCUT2D eigenvalue weighted by Gasteiger charge is 2.46. The van der Waals surface area contributed by atoms with Gasteiger partial charge in [-0.05, 0) is 60.0 Å². The number of aliphatic hydroxyl groups excluding tert-OH is 1. The second kappa shape index (κ2) is 10.6. The van der Waals surface area contributed by atoms with Crippen molar-refractivity contribution in [2.75, 3.05) is 28.4 Å². The monoisotopic (exact) mass is 504 g/mol. The number of hydrogen-bond acceptors (Lipinski definition) is 8. The molecule has 0 saturated carbocycles. The Bertz CT molecular complexity index is 1340. The molecule has 1 N–H and O–H groups in total. The summed E-state index contributed by atoms with van der Waals surface area (Å²) in [6, 6.07) is 11.1. The van der Waals surface area contributed by atoms with Crippen molar-refractivity contribution in [1.82, 2.24) is 9.88 Å². The Morgan fingerprint density at radius 3 is 2.22 bits per heavy atom. The fraction of sp³-hybridized carbons (Fsp3) is 0.250. The molecule has 4 rings (SSSR count). The van der Waals surface area contributed by atoms with E-state index >= 15 is 0 Å². The third-order valence-electron chi connectivity index (χ3n) is 6.31. The zero-order valence-electron chi connectivity index (χ0n) is 21.3. The minimum Gasteiger partial charge on any atom is -0.507 e. The number of nitrogens with zero attached hydrogens (tertiary/aromatic N) is 2. The number of amides is 1. The summed E-state index contributed by atoms with van der Waals surface area (Å²) < 4.78 is 21.7. The van der Waals surface area contributed by atoms with Crippen LogP contribution in [0.5, 0.6) is 23.0 Å². The molecule has 1 amide bonds. The molecule has 1 aromatic heterocycles. The molecule has 1 aliphatic heterocycles. The van der Waals surface area contributed by atoms with Gasteiger partial charge in [0.25, 0.3) is 11.7 Å². The number of ether oxygens (including phenoxy) is 4. The topological polar surface area (TPSA) is 107 Å². The van der Waals surface area contributed by atoms with Crippen LogP contribution >= 0.6 is 0 Å². The van der Waals surface area contributed by atoms with Gasteiger partial charge < -0.3 is 29.0 Å². The molecule has 1 saturated heterocycles. The van der Waals surface area contributed by atoms with E-state index in [1.54, 1.807) is 62.8 Å². The predicted octanol–water partition coefficient (Wildman–Crippen LogP) is 4.05. The van der Waals surface area contributed by atoms with Gasteiger partial charge in [0.05, 0.1) is 40.1 Å². The number of aryl methyl sites for hydroxylation is 1. The minimum absolute atomic E-state index is 0.0450. The first kappa shape index (κ1) is 25.6. The maximum Gasteiger partial charge on any atom is 0.295 e. The molecule has 2 aromatic carbocycles. The second-order valence-electron chi connectivity index (χ2n) is 8.43. The first-order chi connectivity index (χ1) is 17.8. The molecule has 1 aliphatic rings. The third kappa shape index (κ3) is 4.67. The number of aliphatic hydroxyl groups is 1. The van der Waals surface area contributed by atoms with Crippen LogP contribution in [0.2, 0.25) is 0 Å². The van der Waals surface area contributed by atoms with Gasteiger partial charge in [0.15, 0.2) is 11.5 Å². The number of pyridine rings is 1. The Morgan fingerprint density at radius 1 is 0.973 bits per heavy atom. The molecule has 0 aliphatic carbocycles. The van der Waals surface area contributed by atoms with E-state index in [-0.39, 0.29) is 17.9 Å². The Labute approximate surface area is 214 Å². The zero-order valence-corrected chi connectivity index (χ0v) is 21.3. The van der Waals surface area contributed by atoms with Crippen molar-refractivity contribution >= 4 is 17.4 Å². The highest BCUT2D eigenvalue weighted by molar-refractivity contribution is 6.46. The van der Waals surface area contributed by atoms with Crippen molar-refractivity contribution in [3.63, 3.8) is 0 Å². The SMILES string of the molecule is COc1ccc(/C(O)=C2\C(=O)C(=O)N(Cc3cccnc3)[C@H]2c2cc(OC)c(OC)c(OC)c2)c(C)c1. The van der Waals surface area contributed by atoms with E-state index in [0.29, 0.717) is 39.7 Å². The van der Waals surface area contributed by atoms with Crippen molar-refractivity contribution in [3.8, 4) is 23.0 Å². The number of rotatable bonds is 8. The second-order valence-corrected chi connectivity index (χ2v) is 8.43. The van der Waals surface area contributed by atoms with E-state index in [4.69, 9.17) is 18.9 Å². The Kier molecular flexibility index (Phi) is 7.33. The maximum atomic E-state index is 13.4. The van der Waals surface area contributed by atoms with Gasteiger partial charge in [0.1, 0.15) is 11.5 Å². The highest BCUT2D eigenvalue weighted by Crippen LogP contribution is 2.46. The first-order valence-electron chi connectivity index (χ1n) is 11.5. The van der Waals surface area contributed by atoms with Crippen LogP contribution in [-0.2, 0) is 16.1 Å². The molecule has 9 heteroatoms. The van der Waals surface area contributed by atoms with Gasteiger partial charge in [0.2, 0.25) is 5.75 Å². The third-order valence-corrected chi connectivity index (χ3v) is 6.31. The van der Waals surface area contributed by atoms with E-state index in [1.807, 2.05) is 6.07 Å². The number of likely N-dealkylation sites (tertiary alicyclic amines) is 1. The van der Waals surface area contributed by atoms with Gasteiger partial charge >= 0.3 is 0 Å². The van der Waals surface area contributed by atoms with Gasteiger partial charge in [-0.15, -0.1) is 0 Å². The predicted molar refractivity (Wildman–Crippen MR) is 136 cm³/mol. The summed E-state index contributed by atoms with van der Waals surface area (Å²) in [5.74, 6) is -0.151. The quantitative estimate of drug-likeness (QED) is 0.278. The van der Waals surface area contributed by atoms with Crippen molar-refractivity contribution in [2.24, 2.45) is 0 Å². The molecule has 9 nitrogen and oxygen atoms in total. The van der Waals surface area contributed by atoms with Crippen LogP contribution < -0.4 is 18.9 Å². The molecule has 0 bridgehead atoms. The van der Waals surface area contributed by atoms with Gasteiger partial charge in [-0.2, -0.15) is 0 Å². The van der Waals surface area contributed by atoms with Crippen molar-refractivity contribution in [2.45, 2.75) is 19.5 Å². The van der Waals surface area contributed by atoms with E-state index in [9.17, 15) is 14.7 Å². The van der Waals surface area contributed by atoms with E-state index in [2.05, 4.69) is 4.98 Å². The minimum atomic E-state index is -0.935. The van der Waals surface area contributed by atoms with Crippen LogP contribution in [0, 0.1) is 6.92 Å². The Morgan fingerprint density at radius 2 is 1.68 bits per heavy atom. The van der Waals surface area contributed by atoms with Crippen LogP contribution in [0.25, 0.3) is 5.76 Å². The number of methoxy groups -OCH3 is 4. The number of hydrogen-bond donors (Lipinski definition) is 1. The highest BCUT2D eigenvalue weighted by atomic mass is 16.5. The van der Waals surface area contributed by atoms with Gasteiger partial charge in [-0.1, -0.05) is 6.07 Å². The standard InChI is InChI=1S/C28H28N2O7/c1-16-11-19(34-2)8-9-20(16)25(31)23-24(18-12-21(35-3)27(37-5)22(13-18)36-4)30(28(33)26(23)32)15-17-7-6-10-29-14-17/h6-14,24,31H,15H2,1-5H3/b25-23+/t24-/m0/s1. The summed E-state index contributed by atoms with van der Waals surface area (Å²) in [6.07, 6.45) is 3.25. The summed E-state index contributed by atoms with van der Waals surface area (Å²) in [7, 11) is 5.99. The number of ketones is 1. The van der Waals surface area contributed by atoms with Gasteiger partial charge in [0, 0.05) is 24.5 Å². The van der Waals surface area contributed by atoms with E-state index < -0.39 is 17.7 Å². The van der Waals surface area contributed by atoms with Gasteiger partial charge in [-0.3, -0.25) is 14.6 Å². The maximum absolute atomic E-state index is 13.4. The normalized spacial score (nSPS) is 16.6. The Hall–Kier alpha value is -4.53. The molecular weight excluding hydrogens is 476 g/mol. The van der Waals surface area contributed by atoms with Gasteiger partial charge in [-0.25, -0.2) is 0 Å². The molecule has 37 heavy (non-hydrogen) atoms. The van der Waals surface area contributed by atoms with Crippen LogP contribution in [-0.4, -0.2) is 55.1 Å². The van der Waals surface area contributed by atoms with Crippen molar-refractivity contribution in [3.05, 3.63) is 82.7 Å². The number of benzene rings is 2. The van der Waals surface area contributed by atoms with E-state index in [1.165, 1.54) is 26.2 Å². The number of Topliss-reactive ketones (excluding diaryl/α,β-unsaturated/α-hetero) is 1. The molecule has 192 valence electrons. The molecule has 0 unspecified atom stereocenters. The van der Waals surface area contributed by atoms with Crippen LogP contribution in [0.1, 0.15) is 28.3 Å². The lowest BCUT2D eigenvalue weighted by Crippen LogP contribution is -2.29. The molecule has 3 aromatic rings. The average molecular weight is 505 g/mol. The lowest BCUT2D eigenvalue weighted by atomic mass is 9.93. The summed E-state index contributed by atoms with van der Waals surface area (Å²) in [5, 5.41) is 11.5. The molecule has 0 spiro atoms. The molecule has 0 radical (unpaired) electrons. The molecular formula is C28H28N2O7. The summed E-state index contributed by atoms with van der Waals surface area (Å²) in [4.78, 5) is 32.3. The number of aromatic nitrogens is 1. The van der Waals surface area contributed by atoms with Crippen LogP contribution in [0.3, 0.4) is 0 Å². The van der Waals surface area contributed by atoms with Crippen molar-refractivity contribution < 1.29 is 33.6 Å². The largest absolute Gasteiger partial charge is 0.507 e. The molecule has 2 heterocycles. The fourth-order valence-electron chi connectivity index (χ4n) is 4.51. The number of carbonyl (C=O) groups is 2. The molecule has 1 fully saturated rings.